The summed E-state index contributed by atoms with van der Waals surface area (Å²) in [6.07, 6.45) is 1.78. The maximum absolute atomic E-state index is 12.9. The molecule has 2 N–H and O–H groups in total. The van der Waals surface area contributed by atoms with Crippen LogP contribution < -0.4 is 5.32 Å². The lowest BCUT2D eigenvalue weighted by molar-refractivity contribution is -0.0493. The molecule has 17 heavy (non-hydrogen) atoms. The van der Waals surface area contributed by atoms with Gasteiger partial charge in [0.05, 0.1) is 6.54 Å². The lowest BCUT2D eigenvalue weighted by atomic mass is 10.0. The molecule has 0 spiro atoms. The van der Waals surface area contributed by atoms with Gasteiger partial charge in [-0.2, -0.15) is 0 Å². The molecule has 1 atom stereocenters. The van der Waals surface area contributed by atoms with E-state index in [2.05, 4.69) is 17.4 Å². The topological polar surface area (TPSA) is 32.3 Å². The number of hydrogen-bond acceptors (Lipinski definition) is 2. The van der Waals surface area contributed by atoms with E-state index >= 15 is 0 Å². The second kappa shape index (κ2) is 4.70. The van der Waals surface area contributed by atoms with Crippen LogP contribution in [0, 0.1) is 6.92 Å². The van der Waals surface area contributed by atoms with Crippen molar-refractivity contribution in [2.24, 2.45) is 0 Å². The number of aliphatic hydroxyl groups excluding tert-OH is 1. The average Bonchev–Trinajstić information content (AvgIpc) is 2.69. The van der Waals surface area contributed by atoms with Gasteiger partial charge in [-0.15, -0.1) is 0 Å². The Kier molecular flexibility index (Phi) is 3.45. The Balaban J connectivity index is 2.04. The molecule has 0 bridgehead atoms. The molecule has 2 rings (SSSR count). The van der Waals surface area contributed by atoms with E-state index in [1.165, 1.54) is 5.56 Å². The first-order valence-corrected chi connectivity index (χ1v) is 5.83. The molecule has 1 aliphatic carbocycles. The van der Waals surface area contributed by atoms with Crippen LogP contribution in [0.15, 0.2) is 18.2 Å². The van der Waals surface area contributed by atoms with Gasteiger partial charge >= 0.3 is 0 Å². The number of hydrogen-bond donors (Lipinski definition) is 2. The molecule has 1 unspecified atom stereocenters. The van der Waals surface area contributed by atoms with Crippen molar-refractivity contribution in [3.8, 4) is 0 Å². The summed E-state index contributed by atoms with van der Waals surface area (Å²) in [5.41, 5.74) is 3.51. The molecule has 1 aromatic carbocycles. The summed E-state index contributed by atoms with van der Waals surface area (Å²) >= 11 is 0. The lowest BCUT2D eigenvalue weighted by Crippen LogP contribution is -2.37. The zero-order valence-corrected chi connectivity index (χ0v) is 9.84. The van der Waals surface area contributed by atoms with Crippen molar-refractivity contribution in [1.29, 1.82) is 0 Å². The summed E-state index contributed by atoms with van der Waals surface area (Å²) in [7, 11) is 0. The van der Waals surface area contributed by atoms with E-state index in [1.54, 1.807) is 0 Å². The molecule has 4 heteroatoms. The van der Waals surface area contributed by atoms with Gasteiger partial charge in [0.15, 0.2) is 0 Å². The number of nitrogens with one attached hydrogen (secondary N) is 1. The van der Waals surface area contributed by atoms with E-state index < -0.39 is 19.1 Å². The monoisotopic (exact) mass is 241 g/mol. The quantitative estimate of drug-likeness (QED) is 0.847. The number of aryl methyl sites for hydroxylation is 2. The van der Waals surface area contributed by atoms with Crippen LogP contribution in [0.4, 0.5) is 8.78 Å². The predicted octanol–water partition coefficient (Wildman–Crippen LogP) is 2.20. The third-order valence-electron chi connectivity index (χ3n) is 3.22. The summed E-state index contributed by atoms with van der Waals surface area (Å²) in [5, 5.41) is 11.4. The predicted molar refractivity (Wildman–Crippen MR) is 62.3 cm³/mol. The Morgan fingerprint density at radius 2 is 2.24 bits per heavy atom. The fourth-order valence-corrected chi connectivity index (χ4v) is 2.26. The van der Waals surface area contributed by atoms with Gasteiger partial charge < -0.3 is 10.4 Å². The highest BCUT2D eigenvalue weighted by Gasteiger charge is 2.30. The summed E-state index contributed by atoms with van der Waals surface area (Å²) in [6.45, 7) is 0.424. The largest absolute Gasteiger partial charge is 0.390 e. The minimum Gasteiger partial charge on any atom is -0.390 e. The van der Waals surface area contributed by atoms with E-state index in [4.69, 9.17) is 5.11 Å². The Morgan fingerprint density at radius 1 is 1.47 bits per heavy atom. The normalized spacial score (nSPS) is 19.4. The fraction of sp³-hybridized carbons (Fsp3) is 0.538. The van der Waals surface area contributed by atoms with Crippen molar-refractivity contribution in [2.75, 3.05) is 13.2 Å². The summed E-state index contributed by atoms with van der Waals surface area (Å²) in [4.78, 5) is 0. The summed E-state index contributed by atoms with van der Waals surface area (Å²) in [6, 6.07) is 6.15. The van der Waals surface area contributed by atoms with Crippen LogP contribution in [0.3, 0.4) is 0 Å². The molecular weight excluding hydrogens is 224 g/mol. The van der Waals surface area contributed by atoms with Gasteiger partial charge in [0.1, 0.15) is 6.61 Å². The number of benzene rings is 1. The third kappa shape index (κ3) is 2.82. The highest BCUT2D eigenvalue weighted by Crippen LogP contribution is 2.32. The van der Waals surface area contributed by atoms with Crippen LogP contribution in [-0.4, -0.2) is 24.2 Å². The van der Waals surface area contributed by atoms with Gasteiger partial charge in [0.25, 0.3) is 5.92 Å². The number of rotatable bonds is 4. The van der Waals surface area contributed by atoms with Crippen molar-refractivity contribution in [3.63, 3.8) is 0 Å². The van der Waals surface area contributed by atoms with Crippen molar-refractivity contribution in [3.05, 3.63) is 34.9 Å². The second-order valence-corrected chi connectivity index (χ2v) is 4.69. The standard InChI is InChI=1S/C13H17F2NO/c1-9-2-3-10-4-5-12(11(10)6-9)16-7-13(14,15)8-17/h2-3,6,12,16-17H,4-5,7-8H2,1H3. The van der Waals surface area contributed by atoms with E-state index in [9.17, 15) is 8.78 Å². The van der Waals surface area contributed by atoms with Crippen LogP contribution >= 0.6 is 0 Å². The maximum atomic E-state index is 12.9. The first-order chi connectivity index (χ1) is 8.02. The number of halogens is 2. The molecule has 1 aliphatic rings. The van der Waals surface area contributed by atoms with Crippen LogP contribution in [0.2, 0.25) is 0 Å². The highest BCUT2D eigenvalue weighted by molar-refractivity contribution is 5.37. The molecule has 0 saturated carbocycles. The molecule has 0 aliphatic heterocycles. The van der Waals surface area contributed by atoms with Crippen molar-refractivity contribution < 1.29 is 13.9 Å². The zero-order chi connectivity index (χ0) is 12.5. The van der Waals surface area contributed by atoms with Gasteiger partial charge in [0.2, 0.25) is 0 Å². The first kappa shape index (κ1) is 12.5. The lowest BCUT2D eigenvalue weighted by Gasteiger charge is -2.19. The molecule has 1 aromatic rings. The second-order valence-electron chi connectivity index (χ2n) is 4.69. The van der Waals surface area contributed by atoms with Gasteiger partial charge in [0, 0.05) is 6.04 Å². The Labute approximate surface area is 99.7 Å². The SMILES string of the molecule is Cc1ccc2c(c1)C(NCC(F)(F)CO)CC2. The summed E-state index contributed by atoms with van der Waals surface area (Å²) in [5.74, 6) is -3.04. The average molecular weight is 241 g/mol. The Hall–Kier alpha value is -1.00. The van der Waals surface area contributed by atoms with E-state index in [-0.39, 0.29) is 6.04 Å². The van der Waals surface area contributed by atoms with Crippen LogP contribution in [0.25, 0.3) is 0 Å². The number of fused-ring (bicyclic) bond motifs is 1. The first-order valence-electron chi connectivity index (χ1n) is 5.83. The van der Waals surface area contributed by atoms with Crippen LogP contribution in [0.1, 0.15) is 29.2 Å². The van der Waals surface area contributed by atoms with E-state index in [0.717, 1.165) is 24.0 Å². The molecule has 94 valence electrons. The van der Waals surface area contributed by atoms with E-state index in [0.29, 0.717) is 0 Å². The number of aliphatic hydroxyl groups is 1. The third-order valence-corrected chi connectivity index (χ3v) is 3.22. The Morgan fingerprint density at radius 3 is 2.94 bits per heavy atom. The molecule has 2 nitrogen and oxygen atoms in total. The van der Waals surface area contributed by atoms with Gasteiger partial charge in [-0.3, -0.25) is 0 Å². The van der Waals surface area contributed by atoms with Crippen LogP contribution in [-0.2, 0) is 6.42 Å². The Bertz CT molecular complexity index is 406. The van der Waals surface area contributed by atoms with Crippen LogP contribution in [0.5, 0.6) is 0 Å². The van der Waals surface area contributed by atoms with E-state index in [1.807, 2.05) is 13.0 Å². The molecule has 0 heterocycles. The van der Waals surface area contributed by atoms with Gasteiger partial charge in [-0.25, -0.2) is 8.78 Å². The van der Waals surface area contributed by atoms with Gasteiger partial charge in [-0.1, -0.05) is 23.8 Å². The molecular formula is C13H17F2NO. The molecule has 0 fully saturated rings. The van der Waals surface area contributed by atoms with Gasteiger partial charge in [-0.05, 0) is 30.9 Å². The van der Waals surface area contributed by atoms with Crippen molar-refractivity contribution >= 4 is 0 Å². The maximum Gasteiger partial charge on any atom is 0.282 e. The summed E-state index contributed by atoms with van der Waals surface area (Å²) < 4.78 is 25.9. The minimum absolute atomic E-state index is 0.0117. The molecule has 0 radical (unpaired) electrons. The highest BCUT2D eigenvalue weighted by atomic mass is 19.3. The smallest absolute Gasteiger partial charge is 0.282 e. The molecule has 0 aromatic heterocycles. The van der Waals surface area contributed by atoms with Crippen molar-refractivity contribution in [1.82, 2.24) is 5.32 Å². The molecule has 0 saturated heterocycles. The fourth-order valence-electron chi connectivity index (χ4n) is 2.26. The number of alkyl halides is 2. The van der Waals surface area contributed by atoms with Crippen molar-refractivity contribution in [2.45, 2.75) is 31.7 Å². The molecule has 0 amide bonds. The zero-order valence-electron chi connectivity index (χ0n) is 9.84. The minimum atomic E-state index is -3.04.